The minimum Gasteiger partial charge on any atom is -0.377 e. The van der Waals surface area contributed by atoms with Gasteiger partial charge in [-0.1, -0.05) is 37.5 Å². The van der Waals surface area contributed by atoms with Gasteiger partial charge in [0.1, 0.15) is 6.79 Å². The van der Waals surface area contributed by atoms with Crippen LogP contribution in [0.1, 0.15) is 118 Å². The van der Waals surface area contributed by atoms with Crippen molar-refractivity contribution in [3.8, 4) is 0 Å². The number of nitrogens with one attached hydrogen (secondary N) is 8. The Bertz CT molecular complexity index is 2270. The molecule has 23 nitrogen and oxygen atoms in total. The van der Waals surface area contributed by atoms with E-state index in [4.69, 9.17) is 42.6 Å². The summed E-state index contributed by atoms with van der Waals surface area (Å²) in [5, 5.41) is 21.1. The number of anilines is 1. The monoisotopic (exact) mass is 1200 g/mol. The molecule has 5 rings (SSSR count). The van der Waals surface area contributed by atoms with Crippen molar-refractivity contribution in [1.82, 2.24) is 36.9 Å². The van der Waals surface area contributed by atoms with Gasteiger partial charge in [-0.2, -0.15) is 11.8 Å². The second-order valence-electron chi connectivity index (χ2n) is 20.8. The molecule has 3 aliphatic rings. The van der Waals surface area contributed by atoms with Gasteiger partial charge in [-0.15, -0.1) is 0 Å². The SMILES string of the molecule is Cc1[nH]c(/C=C2\C(=O)Nc3ccccc32)c(C)c1CCC(=O)NCCCOCOCCOCCOCCOCCOCCOCCOCCOCCNC(=O)CCCCCNC(=O)CCCCCNC(=O)CCCC[C@@H]1SC[C@@H]2NC(=O)N[C@@H]21. The van der Waals surface area contributed by atoms with Crippen LogP contribution in [0.4, 0.5) is 10.5 Å². The number of rotatable bonds is 51. The molecule has 2 fully saturated rings. The van der Waals surface area contributed by atoms with Crippen molar-refractivity contribution in [2.75, 3.05) is 150 Å². The van der Waals surface area contributed by atoms with Crippen molar-refractivity contribution < 1.29 is 71.4 Å². The maximum Gasteiger partial charge on any atom is 0.315 e. The Morgan fingerprint density at radius 2 is 1.04 bits per heavy atom. The van der Waals surface area contributed by atoms with E-state index in [1.54, 1.807) is 0 Å². The van der Waals surface area contributed by atoms with Gasteiger partial charge < -0.3 is 84.8 Å². The molecule has 3 aliphatic heterocycles. The summed E-state index contributed by atoms with van der Waals surface area (Å²) in [4.78, 5) is 76.5. The van der Waals surface area contributed by atoms with Crippen molar-refractivity contribution in [2.45, 2.75) is 127 Å². The van der Waals surface area contributed by atoms with Gasteiger partial charge in [0, 0.05) is 85.5 Å². The van der Waals surface area contributed by atoms with Gasteiger partial charge in [-0.3, -0.25) is 24.0 Å². The fourth-order valence-electron chi connectivity index (χ4n) is 9.64. The highest BCUT2D eigenvalue weighted by molar-refractivity contribution is 8.00. The maximum absolute atomic E-state index is 12.6. The number of amides is 7. The summed E-state index contributed by atoms with van der Waals surface area (Å²) < 4.78 is 49.7. The molecule has 0 unspecified atom stereocenters. The van der Waals surface area contributed by atoms with E-state index in [1.807, 2.05) is 56.0 Å². The third-order valence-corrected chi connectivity index (χ3v) is 15.8. The minimum atomic E-state index is -0.121. The first kappa shape index (κ1) is 69.6. The number of hydrogen-bond acceptors (Lipinski definition) is 16. The number of aryl methyl sites for hydroxylation is 1. The van der Waals surface area contributed by atoms with E-state index >= 15 is 0 Å². The van der Waals surface area contributed by atoms with Crippen molar-refractivity contribution in [3.63, 3.8) is 0 Å². The maximum atomic E-state index is 12.6. The molecule has 0 saturated carbocycles. The quantitative estimate of drug-likeness (QED) is 0.0190. The summed E-state index contributed by atoms with van der Waals surface area (Å²) in [7, 11) is 0. The van der Waals surface area contributed by atoms with Crippen LogP contribution in [0.15, 0.2) is 24.3 Å². The lowest BCUT2D eigenvalue weighted by molar-refractivity contribution is -0.122. The average molecular weight is 1200 g/mol. The Kier molecular flexibility index (Phi) is 36.0. The van der Waals surface area contributed by atoms with Crippen molar-refractivity contribution >= 4 is 64.7 Å². The molecular weight excluding hydrogens is 1100 g/mol. The molecule has 0 aliphatic carbocycles. The second-order valence-corrected chi connectivity index (χ2v) is 22.1. The first-order valence-corrected chi connectivity index (χ1v) is 31.4. The zero-order valence-electron chi connectivity index (χ0n) is 49.8. The molecular formula is C60H96N8O15S. The van der Waals surface area contributed by atoms with Crippen molar-refractivity contribution in [2.24, 2.45) is 0 Å². The van der Waals surface area contributed by atoms with Gasteiger partial charge in [0.05, 0.1) is 123 Å². The zero-order valence-corrected chi connectivity index (χ0v) is 50.6. The highest BCUT2D eigenvalue weighted by Gasteiger charge is 2.42. The van der Waals surface area contributed by atoms with Crippen LogP contribution in [-0.4, -0.2) is 202 Å². The molecule has 24 heteroatoms. The van der Waals surface area contributed by atoms with Crippen LogP contribution in [0.5, 0.6) is 0 Å². The topological polar surface area (TPSA) is 285 Å². The third-order valence-electron chi connectivity index (χ3n) is 14.2. The fourth-order valence-corrected chi connectivity index (χ4v) is 11.2. The lowest BCUT2D eigenvalue weighted by Crippen LogP contribution is -2.36. The van der Waals surface area contributed by atoms with Crippen molar-refractivity contribution in [1.29, 1.82) is 0 Å². The molecule has 84 heavy (non-hydrogen) atoms. The molecule has 7 amide bonds. The number of thioether (sulfide) groups is 1. The highest BCUT2D eigenvalue weighted by Crippen LogP contribution is 2.35. The van der Waals surface area contributed by atoms with Crippen LogP contribution < -0.4 is 37.2 Å². The van der Waals surface area contributed by atoms with Crippen LogP contribution in [0.3, 0.4) is 0 Å². The summed E-state index contributed by atoms with van der Waals surface area (Å²) in [6, 6.07) is 8.02. The Balaban J connectivity index is 0.653. The van der Waals surface area contributed by atoms with E-state index in [2.05, 4.69) is 42.2 Å². The van der Waals surface area contributed by atoms with Gasteiger partial charge >= 0.3 is 6.03 Å². The number of benzene rings is 1. The van der Waals surface area contributed by atoms with Crippen LogP contribution in [0.2, 0.25) is 0 Å². The Morgan fingerprint density at radius 1 is 0.548 bits per heavy atom. The van der Waals surface area contributed by atoms with Gasteiger partial charge in [0.2, 0.25) is 23.6 Å². The van der Waals surface area contributed by atoms with Gasteiger partial charge in [0.25, 0.3) is 5.91 Å². The smallest absolute Gasteiger partial charge is 0.315 e. The number of unbranched alkanes of at least 4 members (excludes halogenated alkanes) is 5. The second kappa shape index (κ2) is 43.5. The normalized spacial score (nSPS) is 16.5. The average Bonchev–Trinajstić information content (AvgIpc) is 3.73. The van der Waals surface area contributed by atoms with E-state index in [9.17, 15) is 28.8 Å². The zero-order chi connectivity index (χ0) is 59.7. The van der Waals surface area contributed by atoms with Gasteiger partial charge in [0.15, 0.2) is 0 Å². The molecule has 1 aromatic heterocycles. The summed E-state index contributed by atoms with van der Waals surface area (Å²) in [5.41, 5.74) is 6.31. The predicted octanol–water partition coefficient (Wildman–Crippen LogP) is 4.87. The Morgan fingerprint density at radius 3 is 1.62 bits per heavy atom. The number of carbonyl (C=O) groups is 6. The Hall–Kier alpha value is -5.15. The summed E-state index contributed by atoms with van der Waals surface area (Å²) in [6.07, 6.45) is 12.7. The summed E-state index contributed by atoms with van der Waals surface area (Å²) >= 11 is 1.90. The van der Waals surface area contributed by atoms with Gasteiger partial charge in [-0.05, 0) is 88.5 Å². The molecule has 8 N–H and O–H groups in total. The number of H-pyrrole nitrogens is 1. The number of hydrogen-bond donors (Lipinski definition) is 8. The number of aromatic nitrogens is 1. The Labute approximate surface area is 500 Å². The lowest BCUT2D eigenvalue weighted by atomic mass is 10.0. The molecule has 472 valence electrons. The van der Waals surface area contributed by atoms with Crippen LogP contribution in [0, 0.1) is 13.8 Å². The summed E-state index contributed by atoms with van der Waals surface area (Å²) in [5.74, 6) is 0.906. The molecule has 2 saturated heterocycles. The van der Waals surface area contributed by atoms with E-state index in [0.29, 0.717) is 181 Å². The largest absolute Gasteiger partial charge is 0.377 e. The molecule has 3 atom stereocenters. The number of para-hydroxylation sites is 1. The first-order chi connectivity index (χ1) is 41.1. The molecule has 0 radical (unpaired) electrons. The number of ether oxygens (including phenoxy) is 9. The first-order valence-electron chi connectivity index (χ1n) is 30.3. The van der Waals surface area contributed by atoms with Crippen LogP contribution >= 0.6 is 11.8 Å². The van der Waals surface area contributed by atoms with Crippen LogP contribution in [-0.2, 0) is 73.0 Å². The fraction of sp³-hybridized carbons (Fsp3) is 0.700. The van der Waals surface area contributed by atoms with Gasteiger partial charge in [-0.25, -0.2) is 4.79 Å². The van der Waals surface area contributed by atoms with E-state index in [-0.39, 0.29) is 54.4 Å². The third kappa shape index (κ3) is 29.3. The molecule has 0 bridgehead atoms. The number of aromatic amines is 1. The molecule has 4 heterocycles. The molecule has 2 aromatic rings. The lowest BCUT2D eigenvalue weighted by Gasteiger charge is -2.16. The molecule has 1 aromatic carbocycles. The molecule has 0 spiro atoms. The van der Waals surface area contributed by atoms with E-state index in [1.165, 1.54) is 0 Å². The predicted molar refractivity (Wildman–Crippen MR) is 322 cm³/mol. The number of urea groups is 1. The highest BCUT2D eigenvalue weighted by atomic mass is 32.2. The summed E-state index contributed by atoms with van der Waals surface area (Å²) in [6.45, 7) is 13.4. The van der Waals surface area contributed by atoms with E-state index < -0.39 is 0 Å². The standard InChI is InChI=1S/C60H96N8O15S/c1-45-47(46(2)65-51(45)42-49-48-14-7-8-15-50(48)66-59(49)73)20-21-57(72)63-24-13-26-82-44-83-41-40-81-39-38-80-37-36-79-35-34-78-33-32-77-31-30-76-29-28-75-27-25-64-56(71)18-6-4-12-22-61-54(69)17-5-3-11-23-62-55(70)19-10-9-16-53-58-52(43-84-53)67-60(74)68-58/h7-8,14-15,42,52-53,58,65H,3-6,9-13,16-41,43-44H2,1-2H3,(H,61,69)(H,62,70)(H,63,72)(H,64,71)(H,66,73)(H2,67,68,74)/b49-42-/t52-,53-,58-/m0/s1. The van der Waals surface area contributed by atoms with Crippen molar-refractivity contribution in [3.05, 3.63) is 52.3 Å². The van der Waals surface area contributed by atoms with Crippen LogP contribution in [0.25, 0.3) is 11.6 Å². The number of fused-ring (bicyclic) bond motifs is 2. The number of carbonyl (C=O) groups excluding carboxylic acids is 6. The minimum absolute atomic E-state index is 0.0112. The van der Waals surface area contributed by atoms with E-state index in [0.717, 1.165) is 97.3 Å².